The third kappa shape index (κ3) is 3.47. The maximum absolute atomic E-state index is 10.5. The second-order valence-corrected chi connectivity index (χ2v) is 4.47. The lowest BCUT2D eigenvalue weighted by Gasteiger charge is -2.22. The average molecular weight is 213 g/mol. The van der Waals surface area contributed by atoms with Crippen molar-refractivity contribution in [2.24, 2.45) is 0 Å². The minimum atomic E-state index is -0.773. The minimum absolute atomic E-state index is 0.104. The lowest BCUT2D eigenvalue weighted by molar-refractivity contribution is -0.138. The van der Waals surface area contributed by atoms with Crippen LogP contribution < -0.4 is 0 Å². The van der Waals surface area contributed by atoms with Crippen molar-refractivity contribution in [2.75, 3.05) is 13.6 Å². The molecule has 3 nitrogen and oxygen atoms in total. The molecule has 78 valence electrons. The molecule has 0 amide bonds. The molecule has 0 fully saturated rings. The van der Waals surface area contributed by atoms with Crippen molar-refractivity contribution in [3.63, 3.8) is 0 Å². The van der Waals surface area contributed by atoms with Crippen molar-refractivity contribution in [1.82, 2.24) is 4.90 Å². The number of rotatable bonds is 5. The molecule has 1 aromatic heterocycles. The number of carboxylic acids is 1. The molecule has 1 N–H and O–H groups in total. The molecule has 0 saturated heterocycles. The van der Waals surface area contributed by atoms with E-state index in [9.17, 15) is 4.79 Å². The molecule has 4 heteroatoms. The van der Waals surface area contributed by atoms with Gasteiger partial charge < -0.3 is 5.11 Å². The molecule has 0 aliphatic rings. The van der Waals surface area contributed by atoms with E-state index in [-0.39, 0.29) is 12.6 Å². The fourth-order valence-corrected chi connectivity index (χ4v) is 2.07. The van der Waals surface area contributed by atoms with E-state index in [2.05, 4.69) is 6.07 Å². The number of thiophene rings is 1. The normalized spacial score (nSPS) is 13.1. The van der Waals surface area contributed by atoms with Crippen molar-refractivity contribution >= 4 is 17.3 Å². The highest BCUT2D eigenvalue weighted by atomic mass is 32.1. The molecule has 14 heavy (non-hydrogen) atoms. The Hall–Kier alpha value is -0.870. The van der Waals surface area contributed by atoms with Gasteiger partial charge in [-0.25, -0.2) is 0 Å². The Kier molecular flexibility index (Phi) is 4.10. The molecule has 0 aliphatic heterocycles. The number of nitrogens with zero attached hydrogens (tertiary/aromatic N) is 1. The van der Waals surface area contributed by atoms with Crippen molar-refractivity contribution in [1.29, 1.82) is 0 Å². The maximum atomic E-state index is 10.5. The lowest BCUT2D eigenvalue weighted by Crippen LogP contribution is -2.35. The van der Waals surface area contributed by atoms with Crippen LogP contribution in [0.4, 0.5) is 0 Å². The lowest BCUT2D eigenvalue weighted by atomic mass is 10.2. The van der Waals surface area contributed by atoms with Crippen LogP contribution in [-0.4, -0.2) is 35.6 Å². The van der Waals surface area contributed by atoms with Gasteiger partial charge in [0.15, 0.2) is 0 Å². The second-order valence-electron chi connectivity index (χ2n) is 3.44. The van der Waals surface area contributed by atoms with Gasteiger partial charge in [-0.1, -0.05) is 6.07 Å². The van der Waals surface area contributed by atoms with Crippen molar-refractivity contribution in [3.05, 3.63) is 22.4 Å². The Morgan fingerprint density at radius 2 is 2.43 bits per heavy atom. The first-order valence-corrected chi connectivity index (χ1v) is 5.42. The van der Waals surface area contributed by atoms with Crippen LogP contribution >= 0.6 is 11.3 Å². The molecule has 1 atom stereocenters. The Bertz CT molecular complexity index is 284. The van der Waals surface area contributed by atoms with Gasteiger partial charge in [0.25, 0.3) is 0 Å². The van der Waals surface area contributed by atoms with Gasteiger partial charge in [-0.3, -0.25) is 9.69 Å². The molecule has 1 rings (SSSR count). The average Bonchev–Trinajstić information content (AvgIpc) is 2.55. The summed E-state index contributed by atoms with van der Waals surface area (Å²) in [7, 11) is 1.84. The topological polar surface area (TPSA) is 40.5 Å². The number of hydrogen-bond donors (Lipinski definition) is 1. The number of aliphatic carboxylic acids is 1. The molecular formula is C10H15NO2S. The summed E-state index contributed by atoms with van der Waals surface area (Å²) in [6.45, 7) is 2.15. The van der Waals surface area contributed by atoms with Gasteiger partial charge in [0.1, 0.15) is 0 Å². The van der Waals surface area contributed by atoms with E-state index < -0.39 is 5.97 Å². The van der Waals surface area contributed by atoms with Gasteiger partial charge in [-0.15, -0.1) is 11.3 Å². The van der Waals surface area contributed by atoms with E-state index in [4.69, 9.17) is 5.11 Å². The Morgan fingerprint density at radius 3 is 2.93 bits per heavy atom. The van der Waals surface area contributed by atoms with Crippen LogP contribution in [0.1, 0.15) is 11.8 Å². The van der Waals surface area contributed by atoms with Crippen LogP contribution in [0.15, 0.2) is 17.5 Å². The van der Waals surface area contributed by atoms with Crippen LogP contribution in [0.25, 0.3) is 0 Å². The van der Waals surface area contributed by atoms with E-state index in [0.29, 0.717) is 0 Å². The van der Waals surface area contributed by atoms with Gasteiger partial charge in [0, 0.05) is 10.9 Å². The van der Waals surface area contributed by atoms with Crippen molar-refractivity contribution in [3.8, 4) is 0 Å². The summed E-state index contributed by atoms with van der Waals surface area (Å²) in [6, 6.07) is 4.37. The van der Waals surface area contributed by atoms with E-state index in [1.165, 1.54) is 4.88 Å². The predicted molar refractivity (Wildman–Crippen MR) is 57.8 cm³/mol. The maximum Gasteiger partial charge on any atom is 0.317 e. The molecule has 0 radical (unpaired) electrons. The van der Waals surface area contributed by atoms with Crippen LogP contribution in [-0.2, 0) is 11.2 Å². The molecule has 1 aromatic rings. The van der Waals surface area contributed by atoms with Crippen LogP contribution in [0, 0.1) is 0 Å². The van der Waals surface area contributed by atoms with Gasteiger partial charge in [0.05, 0.1) is 6.54 Å². The summed E-state index contributed by atoms with van der Waals surface area (Å²) in [5.74, 6) is -0.773. The van der Waals surface area contributed by atoms with Gasteiger partial charge in [-0.05, 0) is 31.8 Å². The number of likely N-dealkylation sites (N-methyl/N-ethyl adjacent to an activating group) is 1. The van der Waals surface area contributed by atoms with E-state index >= 15 is 0 Å². The third-order valence-corrected chi connectivity index (χ3v) is 3.11. The predicted octanol–water partition coefficient (Wildman–Crippen LogP) is 1.70. The van der Waals surface area contributed by atoms with Crippen molar-refractivity contribution < 1.29 is 9.90 Å². The molecule has 0 bridgehead atoms. The van der Waals surface area contributed by atoms with Gasteiger partial charge in [0.2, 0.25) is 0 Å². The summed E-state index contributed by atoms with van der Waals surface area (Å²) in [5, 5.41) is 10.7. The summed E-state index contributed by atoms with van der Waals surface area (Å²) in [5.41, 5.74) is 0. The summed E-state index contributed by atoms with van der Waals surface area (Å²) in [4.78, 5) is 13.6. The smallest absolute Gasteiger partial charge is 0.317 e. The quantitative estimate of drug-likeness (QED) is 0.809. The van der Waals surface area contributed by atoms with E-state index in [1.807, 2.05) is 30.3 Å². The molecule has 0 aliphatic carbocycles. The summed E-state index contributed by atoms with van der Waals surface area (Å²) >= 11 is 1.71. The third-order valence-electron chi connectivity index (χ3n) is 2.21. The zero-order valence-electron chi connectivity index (χ0n) is 8.43. The van der Waals surface area contributed by atoms with Gasteiger partial charge in [-0.2, -0.15) is 0 Å². The highest BCUT2D eigenvalue weighted by Gasteiger charge is 2.12. The first-order chi connectivity index (χ1) is 6.59. The zero-order valence-corrected chi connectivity index (χ0v) is 9.25. The first-order valence-electron chi connectivity index (χ1n) is 4.54. The SMILES string of the molecule is CC(Cc1cccs1)N(C)CC(=O)O. The number of carboxylic acid groups (broad SMARTS) is 1. The Balaban J connectivity index is 2.41. The van der Waals surface area contributed by atoms with E-state index in [0.717, 1.165) is 6.42 Å². The fourth-order valence-electron chi connectivity index (χ4n) is 1.24. The molecule has 1 heterocycles. The standard InChI is InChI=1S/C10H15NO2S/c1-8(11(2)7-10(12)13)6-9-4-3-5-14-9/h3-5,8H,6-7H2,1-2H3,(H,12,13). The van der Waals surface area contributed by atoms with Crippen LogP contribution in [0.2, 0.25) is 0 Å². The Labute approximate surface area is 88.0 Å². The molecule has 0 spiro atoms. The monoisotopic (exact) mass is 213 g/mol. The Morgan fingerprint density at radius 1 is 1.71 bits per heavy atom. The van der Waals surface area contributed by atoms with Crippen LogP contribution in [0.3, 0.4) is 0 Å². The summed E-state index contributed by atoms with van der Waals surface area (Å²) in [6.07, 6.45) is 0.918. The van der Waals surface area contributed by atoms with E-state index in [1.54, 1.807) is 11.3 Å². The second kappa shape index (κ2) is 5.12. The molecule has 0 saturated carbocycles. The first kappa shape index (κ1) is 11.2. The highest BCUT2D eigenvalue weighted by Crippen LogP contribution is 2.13. The summed E-state index contributed by atoms with van der Waals surface area (Å²) < 4.78 is 0. The van der Waals surface area contributed by atoms with Crippen LogP contribution in [0.5, 0.6) is 0 Å². The number of carbonyl (C=O) groups is 1. The van der Waals surface area contributed by atoms with Gasteiger partial charge >= 0.3 is 5.97 Å². The molecular weight excluding hydrogens is 198 g/mol. The highest BCUT2D eigenvalue weighted by molar-refractivity contribution is 7.09. The number of hydrogen-bond acceptors (Lipinski definition) is 3. The largest absolute Gasteiger partial charge is 0.480 e. The molecule has 0 aromatic carbocycles. The van der Waals surface area contributed by atoms with Crippen molar-refractivity contribution in [2.45, 2.75) is 19.4 Å². The molecule has 1 unspecified atom stereocenters. The zero-order chi connectivity index (χ0) is 10.6. The fraction of sp³-hybridized carbons (Fsp3) is 0.500. The minimum Gasteiger partial charge on any atom is -0.480 e.